The van der Waals surface area contributed by atoms with Crippen LogP contribution in [0.15, 0.2) is 42.7 Å². The lowest BCUT2D eigenvalue weighted by atomic mass is 10.2. The standard InChI is InChI=1S/C15H12ClN3O2/c1-2-21-15(20)12-8-17-14-11(13(12)16)9-18-19(14)10-6-4-3-5-7-10/h3-9H,2H2,1H3. The van der Waals surface area contributed by atoms with Gasteiger partial charge >= 0.3 is 5.97 Å². The average Bonchev–Trinajstić information content (AvgIpc) is 2.93. The van der Waals surface area contributed by atoms with Gasteiger partial charge in [0.05, 0.1) is 34.5 Å². The molecule has 3 aromatic rings. The summed E-state index contributed by atoms with van der Waals surface area (Å²) in [6, 6.07) is 9.59. The maximum atomic E-state index is 11.8. The summed E-state index contributed by atoms with van der Waals surface area (Å²) in [6.45, 7) is 2.03. The molecule has 106 valence electrons. The number of esters is 1. The third-order valence-corrected chi connectivity index (χ3v) is 3.44. The molecule has 0 unspecified atom stereocenters. The number of carbonyl (C=O) groups excluding carboxylic acids is 1. The molecule has 3 rings (SSSR count). The first-order valence-corrected chi connectivity index (χ1v) is 6.85. The minimum Gasteiger partial charge on any atom is -0.462 e. The molecule has 1 aromatic carbocycles. The van der Waals surface area contributed by atoms with Crippen molar-refractivity contribution in [3.63, 3.8) is 0 Å². The van der Waals surface area contributed by atoms with E-state index in [0.717, 1.165) is 5.69 Å². The van der Waals surface area contributed by atoms with Crippen LogP contribution in [0.3, 0.4) is 0 Å². The van der Waals surface area contributed by atoms with Crippen molar-refractivity contribution in [1.29, 1.82) is 0 Å². The van der Waals surface area contributed by atoms with Gasteiger partial charge in [-0.15, -0.1) is 0 Å². The first-order chi connectivity index (χ1) is 10.2. The van der Waals surface area contributed by atoms with Crippen molar-refractivity contribution < 1.29 is 9.53 Å². The largest absolute Gasteiger partial charge is 0.462 e. The molecule has 0 bridgehead atoms. The molecule has 0 saturated carbocycles. The van der Waals surface area contributed by atoms with Crippen molar-refractivity contribution in [3.8, 4) is 5.69 Å². The Balaban J connectivity index is 2.13. The van der Waals surface area contributed by atoms with Crippen LogP contribution in [-0.2, 0) is 4.74 Å². The Bertz CT molecular complexity index is 799. The van der Waals surface area contributed by atoms with E-state index in [1.165, 1.54) is 6.20 Å². The van der Waals surface area contributed by atoms with Crippen molar-refractivity contribution in [2.24, 2.45) is 0 Å². The summed E-state index contributed by atoms with van der Waals surface area (Å²) < 4.78 is 6.64. The Morgan fingerprint density at radius 1 is 1.29 bits per heavy atom. The third-order valence-electron chi connectivity index (χ3n) is 3.03. The molecule has 0 N–H and O–H groups in total. The lowest BCUT2D eigenvalue weighted by Gasteiger charge is -2.05. The van der Waals surface area contributed by atoms with E-state index in [1.807, 2.05) is 30.3 Å². The third kappa shape index (κ3) is 2.36. The molecule has 6 heteroatoms. The van der Waals surface area contributed by atoms with Gasteiger partial charge in [0.15, 0.2) is 5.65 Å². The lowest BCUT2D eigenvalue weighted by molar-refractivity contribution is 0.0526. The Labute approximate surface area is 126 Å². The van der Waals surface area contributed by atoms with Gasteiger partial charge in [0.25, 0.3) is 0 Å². The molecule has 0 saturated heterocycles. The highest BCUT2D eigenvalue weighted by molar-refractivity contribution is 6.38. The fourth-order valence-electron chi connectivity index (χ4n) is 2.06. The molecule has 0 atom stereocenters. The average molecular weight is 302 g/mol. The summed E-state index contributed by atoms with van der Waals surface area (Å²) in [5.41, 5.74) is 1.72. The molecule has 0 amide bonds. The van der Waals surface area contributed by atoms with E-state index in [-0.39, 0.29) is 12.2 Å². The quantitative estimate of drug-likeness (QED) is 0.697. The van der Waals surface area contributed by atoms with Gasteiger partial charge in [0.2, 0.25) is 0 Å². The topological polar surface area (TPSA) is 57.0 Å². The number of para-hydroxylation sites is 1. The minimum absolute atomic E-state index is 0.249. The molecule has 0 spiro atoms. The van der Waals surface area contributed by atoms with Crippen LogP contribution < -0.4 is 0 Å². The number of ether oxygens (including phenoxy) is 1. The van der Waals surface area contributed by atoms with Crippen molar-refractivity contribution >= 4 is 28.6 Å². The Kier molecular flexibility index (Phi) is 3.58. The van der Waals surface area contributed by atoms with E-state index in [9.17, 15) is 4.79 Å². The number of fused-ring (bicyclic) bond motifs is 1. The zero-order valence-corrected chi connectivity index (χ0v) is 12.0. The number of aromatic nitrogens is 3. The molecular formula is C15H12ClN3O2. The number of halogens is 1. The summed E-state index contributed by atoms with van der Waals surface area (Å²) in [7, 11) is 0. The number of pyridine rings is 1. The second kappa shape index (κ2) is 5.54. The Hall–Kier alpha value is -2.40. The van der Waals surface area contributed by atoms with Gasteiger partial charge in [-0.05, 0) is 19.1 Å². The highest BCUT2D eigenvalue weighted by Crippen LogP contribution is 2.27. The molecule has 21 heavy (non-hydrogen) atoms. The van der Waals surface area contributed by atoms with Gasteiger partial charge in [-0.25, -0.2) is 14.5 Å². The van der Waals surface area contributed by atoms with Gasteiger partial charge < -0.3 is 4.74 Å². The van der Waals surface area contributed by atoms with Crippen LogP contribution in [0.5, 0.6) is 0 Å². The van der Waals surface area contributed by atoms with E-state index < -0.39 is 5.97 Å². The number of hydrogen-bond acceptors (Lipinski definition) is 4. The van der Waals surface area contributed by atoms with Gasteiger partial charge in [-0.3, -0.25) is 0 Å². The molecule has 2 heterocycles. The molecule has 0 fully saturated rings. The first-order valence-electron chi connectivity index (χ1n) is 6.47. The highest BCUT2D eigenvalue weighted by Gasteiger charge is 2.18. The SMILES string of the molecule is CCOC(=O)c1cnc2c(cnn2-c2ccccc2)c1Cl. The van der Waals surface area contributed by atoms with E-state index in [0.29, 0.717) is 16.1 Å². The Morgan fingerprint density at radius 2 is 2.05 bits per heavy atom. The summed E-state index contributed by atoms with van der Waals surface area (Å²) in [6.07, 6.45) is 3.02. The molecular weight excluding hydrogens is 290 g/mol. The van der Waals surface area contributed by atoms with Crippen molar-refractivity contribution in [1.82, 2.24) is 14.8 Å². The summed E-state index contributed by atoms with van der Waals surface area (Å²) >= 11 is 6.28. The molecule has 2 aromatic heterocycles. The maximum Gasteiger partial charge on any atom is 0.341 e. The van der Waals surface area contributed by atoms with Crippen LogP contribution in [-0.4, -0.2) is 27.3 Å². The lowest BCUT2D eigenvalue weighted by Crippen LogP contribution is -2.06. The summed E-state index contributed by atoms with van der Waals surface area (Å²) in [4.78, 5) is 16.1. The first kappa shape index (κ1) is 13.6. The van der Waals surface area contributed by atoms with Crippen LogP contribution in [0.1, 0.15) is 17.3 Å². The number of rotatable bonds is 3. The van der Waals surface area contributed by atoms with Gasteiger partial charge in [0.1, 0.15) is 0 Å². The van der Waals surface area contributed by atoms with Crippen LogP contribution in [0.25, 0.3) is 16.7 Å². The van der Waals surface area contributed by atoms with Gasteiger partial charge in [-0.1, -0.05) is 29.8 Å². The zero-order chi connectivity index (χ0) is 14.8. The number of hydrogen-bond donors (Lipinski definition) is 0. The van der Waals surface area contributed by atoms with Crippen LogP contribution >= 0.6 is 11.6 Å². The number of benzene rings is 1. The number of carbonyl (C=O) groups is 1. The molecule has 0 aliphatic rings. The second-order valence-corrected chi connectivity index (χ2v) is 4.71. The van der Waals surface area contributed by atoms with E-state index in [4.69, 9.17) is 16.3 Å². The number of nitrogens with zero attached hydrogens (tertiary/aromatic N) is 3. The van der Waals surface area contributed by atoms with E-state index in [2.05, 4.69) is 10.1 Å². The molecule has 0 aliphatic carbocycles. The highest BCUT2D eigenvalue weighted by atomic mass is 35.5. The second-order valence-electron chi connectivity index (χ2n) is 4.34. The van der Waals surface area contributed by atoms with Crippen LogP contribution in [0, 0.1) is 0 Å². The van der Waals surface area contributed by atoms with Crippen LogP contribution in [0.4, 0.5) is 0 Å². The minimum atomic E-state index is -0.482. The maximum absolute atomic E-state index is 11.8. The van der Waals surface area contributed by atoms with Crippen LogP contribution in [0.2, 0.25) is 5.02 Å². The fourth-order valence-corrected chi connectivity index (χ4v) is 2.32. The van der Waals surface area contributed by atoms with Crippen molar-refractivity contribution in [2.45, 2.75) is 6.92 Å². The zero-order valence-electron chi connectivity index (χ0n) is 11.3. The normalized spacial score (nSPS) is 10.8. The van der Waals surface area contributed by atoms with Crippen molar-refractivity contribution in [2.75, 3.05) is 6.61 Å². The molecule has 0 radical (unpaired) electrons. The van der Waals surface area contributed by atoms with Crippen molar-refractivity contribution in [3.05, 3.63) is 53.3 Å². The van der Waals surface area contributed by atoms with Gasteiger partial charge in [-0.2, -0.15) is 5.10 Å². The summed E-state index contributed by atoms with van der Waals surface area (Å²) in [5, 5.41) is 5.21. The van der Waals surface area contributed by atoms with E-state index >= 15 is 0 Å². The molecule has 0 aliphatic heterocycles. The molecule has 5 nitrogen and oxygen atoms in total. The summed E-state index contributed by atoms with van der Waals surface area (Å²) in [5.74, 6) is -0.482. The monoisotopic (exact) mass is 301 g/mol. The predicted octanol–water partition coefficient (Wildman–Crippen LogP) is 3.25. The fraction of sp³-hybridized carbons (Fsp3) is 0.133. The van der Waals surface area contributed by atoms with Gasteiger partial charge in [0, 0.05) is 6.20 Å². The smallest absolute Gasteiger partial charge is 0.341 e. The van der Waals surface area contributed by atoms with E-state index in [1.54, 1.807) is 17.8 Å². The Morgan fingerprint density at radius 3 is 2.76 bits per heavy atom. The predicted molar refractivity (Wildman–Crippen MR) is 79.8 cm³/mol.